The van der Waals surface area contributed by atoms with Crippen LogP contribution in [0.2, 0.25) is 0 Å². The molecule has 2 heterocycles. The smallest absolute Gasteiger partial charge is 0.157 e. The zero-order chi connectivity index (χ0) is 17.8. The van der Waals surface area contributed by atoms with Crippen LogP contribution in [-0.2, 0) is 4.84 Å². The maximum atomic E-state index is 5.81. The van der Waals surface area contributed by atoms with Crippen LogP contribution in [0.3, 0.4) is 0 Å². The summed E-state index contributed by atoms with van der Waals surface area (Å²) in [5.41, 5.74) is 2.60. The molecule has 142 valence electrons. The number of oxime groups is 1. The molecule has 4 unspecified atom stereocenters. The van der Waals surface area contributed by atoms with Crippen molar-refractivity contribution in [3.05, 3.63) is 35.9 Å². The van der Waals surface area contributed by atoms with Gasteiger partial charge in [-0.15, -0.1) is 0 Å². The van der Waals surface area contributed by atoms with Gasteiger partial charge in [0.25, 0.3) is 0 Å². The third-order valence-corrected chi connectivity index (χ3v) is 7.36. The summed E-state index contributed by atoms with van der Waals surface area (Å²) in [7, 11) is 2.88. The Labute approximate surface area is 160 Å². The minimum absolute atomic E-state index is 0.138. The van der Waals surface area contributed by atoms with Crippen molar-refractivity contribution in [1.29, 1.82) is 0 Å². The average molecular weight is 372 g/mol. The molecule has 3 aliphatic rings. The summed E-state index contributed by atoms with van der Waals surface area (Å²) in [6.45, 7) is 2.52. The molecule has 0 spiro atoms. The summed E-state index contributed by atoms with van der Waals surface area (Å²) in [6.07, 6.45) is 12.1. The van der Waals surface area contributed by atoms with E-state index in [4.69, 9.17) is 4.84 Å². The first-order valence-corrected chi connectivity index (χ1v) is 11.1. The van der Waals surface area contributed by atoms with E-state index >= 15 is 0 Å². The molecule has 2 fully saturated rings. The number of hydrogen-bond acceptors (Lipinski definition) is 3. The molecule has 2 aliphatic heterocycles. The Kier molecular flexibility index (Phi) is 6.27. The van der Waals surface area contributed by atoms with Crippen LogP contribution in [0, 0.1) is 17.8 Å². The molecule has 1 aromatic carbocycles. The van der Waals surface area contributed by atoms with E-state index in [1.54, 1.807) is 0 Å². The number of nitrogens with zero attached hydrogens (tertiary/aromatic N) is 2. The fraction of sp³-hybridized carbons (Fsp3) is 0.682. The summed E-state index contributed by atoms with van der Waals surface area (Å²) in [5.74, 6) is 2.53. The molecule has 4 atom stereocenters. The average Bonchev–Trinajstić information content (AvgIpc) is 3.14. The van der Waals surface area contributed by atoms with Gasteiger partial charge in [0.1, 0.15) is 0 Å². The molecule has 3 nitrogen and oxygen atoms in total. The Hall–Kier alpha value is -0.920. The van der Waals surface area contributed by atoms with E-state index in [-0.39, 0.29) is 6.10 Å². The number of hydrogen-bond donors (Lipinski definition) is 0. The molecule has 1 saturated carbocycles. The fourth-order valence-electron chi connectivity index (χ4n) is 5.18. The number of rotatable bonds is 3. The highest BCUT2D eigenvalue weighted by atomic mass is 31.0. The van der Waals surface area contributed by atoms with Gasteiger partial charge in [-0.1, -0.05) is 64.1 Å². The van der Waals surface area contributed by atoms with Crippen molar-refractivity contribution >= 4 is 15.1 Å². The van der Waals surface area contributed by atoms with Crippen LogP contribution >= 0.6 is 9.39 Å². The van der Waals surface area contributed by atoms with Crippen molar-refractivity contribution < 1.29 is 4.84 Å². The standard InChI is InChI=1S/C22H33N2OP/c26-24-14-12-18(13-15-24)17-6-4-5-7-19(11-10-17)21-16-22(25-23-21)20-8-2-1-3-9-20/h1-3,8-9,17-19,22H,4-7,10-16,26H2. The lowest BCUT2D eigenvalue weighted by atomic mass is 9.74. The van der Waals surface area contributed by atoms with Gasteiger partial charge in [-0.2, -0.15) is 0 Å². The normalized spacial score (nSPS) is 31.7. The van der Waals surface area contributed by atoms with Crippen molar-refractivity contribution in [2.24, 2.45) is 22.9 Å². The molecule has 26 heavy (non-hydrogen) atoms. The lowest BCUT2D eigenvalue weighted by molar-refractivity contribution is 0.0856. The lowest BCUT2D eigenvalue weighted by Crippen LogP contribution is -2.31. The van der Waals surface area contributed by atoms with E-state index in [0.29, 0.717) is 5.92 Å². The highest BCUT2D eigenvalue weighted by Gasteiger charge is 2.31. The summed E-state index contributed by atoms with van der Waals surface area (Å²) in [4.78, 5) is 5.81. The maximum absolute atomic E-state index is 5.81. The minimum Gasteiger partial charge on any atom is -0.387 e. The van der Waals surface area contributed by atoms with E-state index in [1.807, 2.05) is 0 Å². The quantitative estimate of drug-likeness (QED) is 0.646. The topological polar surface area (TPSA) is 24.8 Å². The second-order valence-electron chi connectivity index (χ2n) is 8.48. The largest absolute Gasteiger partial charge is 0.387 e. The van der Waals surface area contributed by atoms with E-state index < -0.39 is 0 Å². The molecule has 0 N–H and O–H groups in total. The molecular formula is C22H33N2OP. The number of piperidine rings is 1. The molecule has 4 heteroatoms. The Morgan fingerprint density at radius 2 is 1.62 bits per heavy atom. The third-order valence-electron chi connectivity index (χ3n) is 6.84. The van der Waals surface area contributed by atoms with Gasteiger partial charge in [0.05, 0.1) is 5.71 Å². The van der Waals surface area contributed by atoms with E-state index in [9.17, 15) is 0 Å². The molecule has 0 amide bonds. The lowest BCUT2D eigenvalue weighted by Gasteiger charge is -2.36. The molecule has 0 bridgehead atoms. The van der Waals surface area contributed by atoms with Gasteiger partial charge in [-0.3, -0.25) is 4.67 Å². The van der Waals surface area contributed by atoms with Crippen molar-refractivity contribution in [2.45, 2.75) is 63.9 Å². The van der Waals surface area contributed by atoms with Gasteiger partial charge in [-0.05, 0) is 49.5 Å². The molecule has 0 aromatic heterocycles. The Morgan fingerprint density at radius 3 is 2.42 bits per heavy atom. The van der Waals surface area contributed by atoms with Gasteiger partial charge in [0, 0.05) is 25.4 Å². The fourth-order valence-corrected chi connectivity index (χ4v) is 5.48. The first kappa shape index (κ1) is 18.4. The van der Waals surface area contributed by atoms with E-state index in [1.165, 1.54) is 75.7 Å². The Bertz CT molecular complexity index is 597. The summed E-state index contributed by atoms with van der Waals surface area (Å²) in [5, 5.41) is 4.54. The SMILES string of the molecule is PN1CCC(C2CCCCC(C3=NOC(c4ccccc4)C3)CC2)CC1. The van der Waals surface area contributed by atoms with Gasteiger partial charge in [0.2, 0.25) is 0 Å². The van der Waals surface area contributed by atoms with Crippen LogP contribution in [0.4, 0.5) is 0 Å². The molecule has 1 saturated heterocycles. The molecule has 4 rings (SSSR count). The minimum atomic E-state index is 0.138. The second-order valence-corrected chi connectivity index (χ2v) is 9.21. The maximum Gasteiger partial charge on any atom is 0.157 e. The van der Waals surface area contributed by atoms with Crippen LogP contribution < -0.4 is 0 Å². The summed E-state index contributed by atoms with van der Waals surface area (Å²) >= 11 is 0. The third kappa shape index (κ3) is 4.49. The predicted molar refractivity (Wildman–Crippen MR) is 111 cm³/mol. The first-order chi connectivity index (χ1) is 12.8. The van der Waals surface area contributed by atoms with Gasteiger partial charge in [0.15, 0.2) is 6.10 Å². The summed E-state index contributed by atoms with van der Waals surface area (Å²) < 4.78 is 2.41. The van der Waals surface area contributed by atoms with Crippen LogP contribution in [-0.4, -0.2) is 23.5 Å². The van der Waals surface area contributed by atoms with Crippen molar-refractivity contribution in [3.63, 3.8) is 0 Å². The summed E-state index contributed by atoms with van der Waals surface area (Å²) in [6, 6.07) is 10.6. The zero-order valence-electron chi connectivity index (χ0n) is 15.9. The molecule has 1 aromatic rings. The van der Waals surface area contributed by atoms with Crippen LogP contribution in [0.1, 0.15) is 69.5 Å². The van der Waals surface area contributed by atoms with Gasteiger partial charge >= 0.3 is 0 Å². The van der Waals surface area contributed by atoms with Crippen molar-refractivity contribution in [1.82, 2.24) is 4.67 Å². The van der Waals surface area contributed by atoms with Crippen molar-refractivity contribution in [2.75, 3.05) is 13.1 Å². The molecule has 1 aliphatic carbocycles. The first-order valence-electron chi connectivity index (χ1n) is 10.6. The molecular weight excluding hydrogens is 339 g/mol. The Morgan fingerprint density at radius 1 is 0.885 bits per heavy atom. The number of benzene rings is 1. The zero-order valence-corrected chi connectivity index (χ0v) is 17.0. The monoisotopic (exact) mass is 372 g/mol. The van der Waals surface area contributed by atoms with E-state index in [2.05, 4.69) is 49.5 Å². The highest BCUT2D eigenvalue weighted by Crippen LogP contribution is 2.39. The van der Waals surface area contributed by atoms with E-state index in [0.717, 1.165) is 18.3 Å². The van der Waals surface area contributed by atoms with Gasteiger partial charge in [-0.25, -0.2) is 0 Å². The Balaban J connectivity index is 1.33. The van der Waals surface area contributed by atoms with Crippen LogP contribution in [0.15, 0.2) is 35.5 Å². The second kappa shape index (κ2) is 8.85. The van der Waals surface area contributed by atoms with Crippen molar-refractivity contribution in [3.8, 4) is 0 Å². The van der Waals surface area contributed by atoms with Gasteiger partial charge < -0.3 is 4.84 Å². The predicted octanol–water partition coefficient (Wildman–Crippen LogP) is 5.59. The molecule has 0 radical (unpaired) electrons. The van der Waals surface area contributed by atoms with Crippen LogP contribution in [0.5, 0.6) is 0 Å². The highest BCUT2D eigenvalue weighted by molar-refractivity contribution is 7.13. The van der Waals surface area contributed by atoms with Crippen LogP contribution in [0.25, 0.3) is 0 Å².